The van der Waals surface area contributed by atoms with Gasteiger partial charge < -0.3 is 19.8 Å². The molecule has 0 saturated carbocycles. The number of aryl methyl sites for hydroxylation is 1. The minimum absolute atomic E-state index is 0.0607. The first kappa shape index (κ1) is 18.8. The Kier molecular flexibility index (Phi) is 6.36. The lowest BCUT2D eigenvalue weighted by atomic mass is 10.1. The van der Waals surface area contributed by atoms with Crippen molar-refractivity contribution in [2.24, 2.45) is 0 Å². The van der Waals surface area contributed by atoms with Crippen LogP contribution in [0.2, 0.25) is 0 Å². The van der Waals surface area contributed by atoms with E-state index in [0.717, 1.165) is 23.3 Å². The van der Waals surface area contributed by atoms with Gasteiger partial charge in [-0.25, -0.2) is 0 Å². The summed E-state index contributed by atoms with van der Waals surface area (Å²) in [7, 11) is 1.62. The number of carbonyl (C=O) groups is 1. The van der Waals surface area contributed by atoms with E-state index in [1.54, 1.807) is 7.11 Å². The van der Waals surface area contributed by atoms with Crippen molar-refractivity contribution >= 4 is 16.8 Å². The van der Waals surface area contributed by atoms with Gasteiger partial charge >= 0.3 is 0 Å². The predicted octanol–water partition coefficient (Wildman–Crippen LogP) is 3.87. The molecular weight excluding hydrogens is 340 g/mol. The molecule has 142 valence electrons. The Labute approximate surface area is 159 Å². The lowest BCUT2D eigenvalue weighted by Gasteiger charge is -2.11. The molecule has 5 nitrogen and oxygen atoms in total. The summed E-state index contributed by atoms with van der Waals surface area (Å²) in [5.41, 5.74) is 3.41. The fourth-order valence-corrected chi connectivity index (χ4v) is 3.09. The van der Waals surface area contributed by atoms with Gasteiger partial charge in [-0.05, 0) is 66.6 Å². The van der Waals surface area contributed by atoms with Crippen molar-refractivity contribution in [3.8, 4) is 11.5 Å². The number of hydrogen-bond donors (Lipinski definition) is 2. The number of H-pyrrole nitrogens is 1. The van der Waals surface area contributed by atoms with Gasteiger partial charge in [0.2, 0.25) is 5.91 Å². The Bertz CT molecular complexity index is 901. The standard InChI is InChI=1S/C22H26N2O3/c1-3-27-20-8-5-16(15-21(20)26-2)6-9-22(25)24-12-10-17-4-7-19-18(14-17)11-13-23-19/h4-5,7-8,11,13-15,23H,3,6,9-10,12H2,1-2H3,(H,24,25). The van der Waals surface area contributed by atoms with E-state index in [1.165, 1.54) is 10.9 Å². The summed E-state index contributed by atoms with van der Waals surface area (Å²) in [6, 6.07) is 14.2. The highest BCUT2D eigenvalue weighted by molar-refractivity contribution is 5.80. The van der Waals surface area contributed by atoms with Crippen LogP contribution >= 0.6 is 0 Å². The Morgan fingerprint density at radius 3 is 2.67 bits per heavy atom. The number of fused-ring (bicyclic) bond motifs is 1. The number of methoxy groups -OCH3 is 1. The third-order valence-corrected chi connectivity index (χ3v) is 4.52. The molecule has 0 bridgehead atoms. The van der Waals surface area contributed by atoms with E-state index in [1.807, 2.05) is 31.3 Å². The van der Waals surface area contributed by atoms with Crippen LogP contribution in [-0.4, -0.2) is 31.2 Å². The Hall–Kier alpha value is -2.95. The number of hydrogen-bond acceptors (Lipinski definition) is 3. The first-order valence-corrected chi connectivity index (χ1v) is 9.32. The second-order valence-corrected chi connectivity index (χ2v) is 6.42. The molecule has 3 aromatic rings. The summed E-state index contributed by atoms with van der Waals surface area (Å²) in [4.78, 5) is 15.3. The van der Waals surface area contributed by atoms with Crippen LogP contribution in [0.1, 0.15) is 24.5 Å². The zero-order valence-corrected chi connectivity index (χ0v) is 15.9. The number of benzene rings is 2. The fourth-order valence-electron chi connectivity index (χ4n) is 3.09. The lowest BCUT2D eigenvalue weighted by Crippen LogP contribution is -2.25. The van der Waals surface area contributed by atoms with Crippen molar-refractivity contribution in [1.82, 2.24) is 10.3 Å². The summed E-state index contributed by atoms with van der Waals surface area (Å²) in [6.07, 6.45) is 3.88. The number of carbonyl (C=O) groups excluding carboxylic acids is 1. The molecule has 0 fully saturated rings. The maximum Gasteiger partial charge on any atom is 0.220 e. The molecule has 2 N–H and O–H groups in total. The highest BCUT2D eigenvalue weighted by Gasteiger charge is 2.07. The first-order valence-electron chi connectivity index (χ1n) is 9.32. The normalized spacial score (nSPS) is 10.7. The zero-order valence-electron chi connectivity index (χ0n) is 15.9. The number of ether oxygens (including phenoxy) is 2. The SMILES string of the molecule is CCOc1ccc(CCC(=O)NCCc2ccc3[nH]ccc3c2)cc1OC. The Balaban J connectivity index is 1.45. The van der Waals surface area contributed by atoms with E-state index in [2.05, 4.69) is 34.6 Å². The minimum Gasteiger partial charge on any atom is -0.493 e. The van der Waals surface area contributed by atoms with E-state index >= 15 is 0 Å². The molecule has 1 aromatic heterocycles. The topological polar surface area (TPSA) is 63.3 Å². The van der Waals surface area contributed by atoms with Crippen LogP contribution in [0.5, 0.6) is 11.5 Å². The summed E-state index contributed by atoms with van der Waals surface area (Å²) >= 11 is 0. The largest absolute Gasteiger partial charge is 0.493 e. The minimum atomic E-state index is 0.0607. The van der Waals surface area contributed by atoms with Gasteiger partial charge in [-0.3, -0.25) is 4.79 Å². The fraction of sp³-hybridized carbons (Fsp3) is 0.318. The molecule has 27 heavy (non-hydrogen) atoms. The third-order valence-electron chi connectivity index (χ3n) is 4.52. The summed E-state index contributed by atoms with van der Waals surface area (Å²) < 4.78 is 10.9. The number of aromatic amines is 1. The maximum atomic E-state index is 12.1. The molecule has 0 spiro atoms. The van der Waals surface area contributed by atoms with Gasteiger partial charge in [0, 0.05) is 24.7 Å². The molecule has 0 aliphatic heterocycles. The van der Waals surface area contributed by atoms with E-state index < -0.39 is 0 Å². The molecule has 0 saturated heterocycles. The van der Waals surface area contributed by atoms with Crippen molar-refractivity contribution < 1.29 is 14.3 Å². The van der Waals surface area contributed by atoms with Crippen molar-refractivity contribution in [2.45, 2.75) is 26.2 Å². The molecule has 2 aromatic carbocycles. The number of rotatable bonds is 9. The van der Waals surface area contributed by atoms with Crippen LogP contribution in [0.15, 0.2) is 48.7 Å². The average molecular weight is 366 g/mol. The molecule has 3 rings (SSSR count). The van der Waals surface area contributed by atoms with Crippen molar-refractivity contribution in [3.63, 3.8) is 0 Å². The highest BCUT2D eigenvalue weighted by Crippen LogP contribution is 2.28. The Morgan fingerprint density at radius 2 is 1.85 bits per heavy atom. The first-order chi connectivity index (χ1) is 13.2. The summed E-state index contributed by atoms with van der Waals surface area (Å²) in [6.45, 7) is 3.17. The van der Waals surface area contributed by atoms with Crippen LogP contribution < -0.4 is 14.8 Å². The van der Waals surface area contributed by atoms with Crippen LogP contribution in [0.3, 0.4) is 0 Å². The van der Waals surface area contributed by atoms with Crippen molar-refractivity contribution in [2.75, 3.05) is 20.3 Å². The van der Waals surface area contributed by atoms with Gasteiger partial charge in [0.15, 0.2) is 11.5 Å². The molecule has 5 heteroatoms. The van der Waals surface area contributed by atoms with Crippen LogP contribution in [-0.2, 0) is 17.6 Å². The van der Waals surface area contributed by atoms with Gasteiger partial charge in [0.1, 0.15) is 0 Å². The van der Waals surface area contributed by atoms with Gasteiger partial charge in [-0.15, -0.1) is 0 Å². The average Bonchev–Trinajstić information content (AvgIpc) is 3.15. The molecular formula is C22H26N2O3. The monoisotopic (exact) mass is 366 g/mol. The van der Waals surface area contributed by atoms with E-state index in [9.17, 15) is 4.79 Å². The predicted molar refractivity (Wildman–Crippen MR) is 107 cm³/mol. The number of amides is 1. The molecule has 0 aliphatic carbocycles. The van der Waals surface area contributed by atoms with Crippen LogP contribution in [0.4, 0.5) is 0 Å². The highest BCUT2D eigenvalue weighted by atomic mass is 16.5. The smallest absolute Gasteiger partial charge is 0.220 e. The zero-order chi connectivity index (χ0) is 19.1. The van der Waals surface area contributed by atoms with E-state index in [-0.39, 0.29) is 5.91 Å². The molecule has 1 heterocycles. The van der Waals surface area contributed by atoms with Crippen LogP contribution in [0.25, 0.3) is 10.9 Å². The summed E-state index contributed by atoms with van der Waals surface area (Å²) in [5.74, 6) is 1.49. The molecule has 0 radical (unpaired) electrons. The van der Waals surface area contributed by atoms with E-state index in [0.29, 0.717) is 31.7 Å². The van der Waals surface area contributed by atoms with Gasteiger partial charge in [-0.1, -0.05) is 12.1 Å². The van der Waals surface area contributed by atoms with Gasteiger partial charge in [-0.2, -0.15) is 0 Å². The maximum absolute atomic E-state index is 12.1. The Morgan fingerprint density at radius 1 is 1.04 bits per heavy atom. The number of aromatic nitrogens is 1. The van der Waals surface area contributed by atoms with Crippen LogP contribution in [0, 0.1) is 0 Å². The second-order valence-electron chi connectivity index (χ2n) is 6.42. The third kappa shape index (κ3) is 5.03. The van der Waals surface area contributed by atoms with Crippen molar-refractivity contribution in [1.29, 1.82) is 0 Å². The van der Waals surface area contributed by atoms with Gasteiger partial charge in [0.25, 0.3) is 0 Å². The molecule has 0 aliphatic rings. The molecule has 1 amide bonds. The number of nitrogens with one attached hydrogen (secondary N) is 2. The van der Waals surface area contributed by atoms with Gasteiger partial charge in [0.05, 0.1) is 13.7 Å². The lowest BCUT2D eigenvalue weighted by molar-refractivity contribution is -0.121. The van der Waals surface area contributed by atoms with Crippen molar-refractivity contribution in [3.05, 3.63) is 59.8 Å². The van der Waals surface area contributed by atoms with E-state index in [4.69, 9.17) is 9.47 Å². The second kappa shape index (κ2) is 9.12. The molecule has 0 atom stereocenters. The molecule has 0 unspecified atom stereocenters. The summed E-state index contributed by atoms with van der Waals surface area (Å²) in [5, 5.41) is 4.20. The quantitative estimate of drug-likeness (QED) is 0.604.